The largest absolute Gasteiger partial charge is 0.379 e. The summed E-state index contributed by atoms with van der Waals surface area (Å²) >= 11 is 1.49. The minimum atomic E-state index is -0.416. The van der Waals surface area contributed by atoms with Gasteiger partial charge in [0.05, 0.1) is 23.9 Å². The van der Waals surface area contributed by atoms with E-state index in [9.17, 15) is 14.9 Å². The van der Waals surface area contributed by atoms with Crippen molar-refractivity contribution < 1.29 is 14.5 Å². The predicted octanol–water partition coefficient (Wildman–Crippen LogP) is 2.98. The zero-order valence-electron chi connectivity index (χ0n) is 16.2. The van der Waals surface area contributed by atoms with Gasteiger partial charge in [-0.1, -0.05) is 36.4 Å². The van der Waals surface area contributed by atoms with Gasteiger partial charge in [-0.15, -0.1) is 11.8 Å². The molecule has 2 aromatic rings. The van der Waals surface area contributed by atoms with Gasteiger partial charge in [0.1, 0.15) is 0 Å². The van der Waals surface area contributed by atoms with E-state index >= 15 is 0 Å². The standard InChI is InChI=1S/C21H25N3O4S/c25-21(16-29-15-17-4-6-20(7-5-17)24(26)27)22-13-18-2-1-3-19(12-18)14-23-8-10-28-11-9-23/h1-7,12H,8-11,13-16H2,(H,22,25). The third kappa shape index (κ3) is 7.16. The van der Waals surface area contributed by atoms with Gasteiger partial charge < -0.3 is 10.1 Å². The van der Waals surface area contributed by atoms with Crippen molar-refractivity contribution in [2.45, 2.75) is 18.8 Å². The number of hydrogen-bond donors (Lipinski definition) is 1. The summed E-state index contributed by atoms with van der Waals surface area (Å²) in [6, 6.07) is 14.7. The van der Waals surface area contributed by atoms with Crippen LogP contribution in [0.1, 0.15) is 16.7 Å². The molecule has 0 atom stereocenters. The Hall–Kier alpha value is -2.42. The van der Waals surface area contributed by atoms with E-state index in [1.807, 2.05) is 12.1 Å². The first-order valence-corrected chi connectivity index (χ1v) is 10.7. The summed E-state index contributed by atoms with van der Waals surface area (Å²) in [5, 5.41) is 13.6. The van der Waals surface area contributed by atoms with Crippen molar-refractivity contribution in [3.8, 4) is 0 Å². The van der Waals surface area contributed by atoms with Crippen LogP contribution in [0.5, 0.6) is 0 Å². The Balaban J connectivity index is 1.38. The Kier molecular flexibility index (Phi) is 8.03. The Labute approximate surface area is 174 Å². The van der Waals surface area contributed by atoms with E-state index in [1.165, 1.54) is 29.5 Å². The number of thioether (sulfide) groups is 1. The van der Waals surface area contributed by atoms with Gasteiger partial charge in [0.2, 0.25) is 5.91 Å². The fourth-order valence-electron chi connectivity index (χ4n) is 3.08. The third-order valence-electron chi connectivity index (χ3n) is 4.64. The number of hydrogen-bond acceptors (Lipinski definition) is 6. The number of nitro groups is 1. The smallest absolute Gasteiger partial charge is 0.269 e. The van der Waals surface area contributed by atoms with Gasteiger partial charge >= 0.3 is 0 Å². The highest BCUT2D eigenvalue weighted by Crippen LogP contribution is 2.16. The number of nitro benzene ring substituents is 1. The lowest BCUT2D eigenvalue weighted by atomic mass is 10.1. The molecule has 3 rings (SSSR count). The van der Waals surface area contributed by atoms with Crippen LogP contribution >= 0.6 is 11.8 Å². The van der Waals surface area contributed by atoms with Gasteiger partial charge in [-0.05, 0) is 16.7 Å². The van der Waals surface area contributed by atoms with Crippen LogP contribution in [-0.2, 0) is 28.4 Å². The van der Waals surface area contributed by atoms with E-state index < -0.39 is 4.92 Å². The Morgan fingerprint density at radius 2 is 1.83 bits per heavy atom. The maximum absolute atomic E-state index is 12.1. The van der Waals surface area contributed by atoms with E-state index in [0.29, 0.717) is 18.1 Å². The number of ether oxygens (including phenoxy) is 1. The topological polar surface area (TPSA) is 84.7 Å². The second-order valence-corrected chi connectivity index (χ2v) is 7.89. The number of carbonyl (C=O) groups is 1. The molecule has 7 nitrogen and oxygen atoms in total. The molecule has 1 saturated heterocycles. The van der Waals surface area contributed by atoms with Crippen molar-refractivity contribution in [2.24, 2.45) is 0 Å². The average Bonchev–Trinajstić information content (AvgIpc) is 2.74. The molecule has 154 valence electrons. The first-order valence-electron chi connectivity index (χ1n) is 9.56. The highest BCUT2D eigenvalue weighted by atomic mass is 32.2. The monoisotopic (exact) mass is 415 g/mol. The molecule has 1 N–H and O–H groups in total. The van der Waals surface area contributed by atoms with Crippen molar-refractivity contribution in [1.29, 1.82) is 0 Å². The number of benzene rings is 2. The van der Waals surface area contributed by atoms with Crippen LogP contribution in [0.3, 0.4) is 0 Å². The summed E-state index contributed by atoms with van der Waals surface area (Å²) < 4.78 is 5.38. The average molecular weight is 416 g/mol. The number of nitrogens with one attached hydrogen (secondary N) is 1. The lowest BCUT2D eigenvalue weighted by Gasteiger charge is -2.26. The van der Waals surface area contributed by atoms with Crippen LogP contribution < -0.4 is 5.32 Å². The molecule has 29 heavy (non-hydrogen) atoms. The number of morpholine rings is 1. The predicted molar refractivity (Wildman–Crippen MR) is 114 cm³/mol. The highest BCUT2D eigenvalue weighted by molar-refractivity contribution is 7.99. The second-order valence-electron chi connectivity index (χ2n) is 6.90. The molecule has 1 aliphatic heterocycles. The Morgan fingerprint density at radius 3 is 2.55 bits per heavy atom. The Bertz CT molecular complexity index is 823. The van der Waals surface area contributed by atoms with Crippen molar-refractivity contribution >= 4 is 23.4 Å². The molecule has 0 radical (unpaired) electrons. The molecule has 0 aliphatic carbocycles. The van der Waals surface area contributed by atoms with Gasteiger partial charge in [0.15, 0.2) is 0 Å². The van der Waals surface area contributed by atoms with Gasteiger partial charge in [-0.3, -0.25) is 19.8 Å². The molecule has 8 heteroatoms. The SMILES string of the molecule is O=C(CSCc1ccc([N+](=O)[O-])cc1)NCc1cccc(CN2CCOCC2)c1. The van der Waals surface area contributed by atoms with Crippen LogP contribution in [-0.4, -0.2) is 47.8 Å². The summed E-state index contributed by atoms with van der Waals surface area (Å²) in [5.41, 5.74) is 3.37. The molecule has 0 aromatic heterocycles. The van der Waals surface area contributed by atoms with E-state index in [2.05, 4.69) is 22.3 Å². The zero-order valence-corrected chi connectivity index (χ0v) is 17.0. The van der Waals surface area contributed by atoms with Crippen LogP contribution in [0, 0.1) is 10.1 Å². The fourth-order valence-corrected chi connectivity index (χ4v) is 3.90. The molecule has 0 saturated carbocycles. The van der Waals surface area contributed by atoms with E-state index in [1.54, 1.807) is 12.1 Å². The van der Waals surface area contributed by atoms with Gasteiger partial charge in [-0.25, -0.2) is 0 Å². The molecule has 0 bridgehead atoms. The molecule has 0 unspecified atom stereocenters. The number of amides is 1. The number of non-ortho nitro benzene ring substituents is 1. The van der Waals surface area contributed by atoms with Crippen molar-refractivity contribution in [1.82, 2.24) is 10.2 Å². The van der Waals surface area contributed by atoms with Gasteiger partial charge in [0, 0.05) is 44.1 Å². The van der Waals surface area contributed by atoms with Crippen molar-refractivity contribution in [2.75, 3.05) is 32.1 Å². The first kappa shape index (κ1) is 21.3. The number of rotatable bonds is 9. The summed E-state index contributed by atoms with van der Waals surface area (Å²) in [7, 11) is 0. The number of carbonyl (C=O) groups excluding carboxylic acids is 1. The second kappa shape index (κ2) is 10.9. The van der Waals surface area contributed by atoms with Gasteiger partial charge in [0.25, 0.3) is 5.69 Å². The van der Waals surface area contributed by atoms with Crippen molar-refractivity contribution in [3.05, 3.63) is 75.3 Å². The maximum Gasteiger partial charge on any atom is 0.269 e. The van der Waals surface area contributed by atoms with Gasteiger partial charge in [-0.2, -0.15) is 0 Å². The lowest BCUT2D eigenvalue weighted by Crippen LogP contribution is -2.35. The maximum atomic E-state index is 12.1. The van der Waals surface area contributed by atoms with Crippen molar-refractivity contribution in [3.63, 3.8) is 0 Å². The molecule has 1 aliphatic rings. The normalized spacial score (nSPS) is 14.5. The molecule has 1 fully saturated rings. The quantitative estimate of drug-likeness (QED) is 0.501. The van der Waals surface area contributed by atoms with Crippen LogP contribution in [0.15, 0.2) is 48.5 Å². The minimum absolute atomic E-state index is 0.0181. The molecule has 1 heterocycles. The minimum Gasteiger partial charge on any atom is -0.379 e. The molecule has 0 spiro atoms. The third-order valence-corrected chi connectivity index (χ3v) is 5.64. The first-order chi connectivity index (χ1) is 14.1. The van der Waals surface area contributed by atoms with E-state index in [-0.39, 0.29) is 11.6 Å². The van der Waals surface area contributed by atoms with E-state index in [0.717, 1.165) is 44.0 Å². The van der Waals surface area contributed by atoms with Crippen LogP contribution in [0.25, 0.3) is 0 Å². The molecular weight excluding hydrogens is 390 g/mol. The summed E-state index contributed by atoms with van der Waals surface area (Å²) in [5.74, 6) is 0.973. The van der Waals surface area contributed by atoms with Crippen LogP contribution in [0.2, 0.25) is 0 Å². The molecular formula is C21H25N3O4S. The summed E-state index contributed by atoms with van der Waals surface area (Å²) in [6.07, 6.45) is 0. The van der Waals surface area contributed by atoms with E-state index in [4.69, 9.17) is 4.74 Å². The molecule has 1 amide bonds. The summed E-state index contributed by atoms with van der Waals surface area (Å²) in [6.45, 7) is 4.88. The molecule has 2 aromatic carbocycles. The fraction of sp³-hybridized carbons (Fsp3) is 0.381. The zero-order chi connectivity index (χ0) is 20.5. The lowest BCUT2D eigenvalue weighted by molar-refractivity contribution is -0.384. The highest BCUT2D eigenvalue weighted by Gasteiger charge is 2.11. The Morgan fingerprint density at radius 1 is 1.10 bits per heavy atom. The summed E-state index contributed by atoms with van der Waals surface area (Å²) in [4.78, 5) is 24.7. The number of nitrogens with zero attached hydrogens (tertiary/aromatic N) is 2. The van der Waals surface area contributed by atoms with Crippen LogP contribution in [0.4, 0.5) is 5.69 Å².